The van der Waals surface area contributed by atoms with Crippen LogP contribution in [0.3, 0.4) is 0 Å². The number of hydrogen-bond acceptors (Lipinski definition) is 3. The van der Waals surface area contributed by atoms with E-state index in [1.807, 2.05) is 18.5 Å². The molecule has 1 saturated heterocycles. The van der Waals surface area contributed by atoms with Gasteiger partial charge in [0, 0.05) is 19.6 Å². The van der Waals surface area contributed by atoms with Gasteiger partial charge < -0.3 is 5.11 Å². The predicted octanol–water partition coefficient (Wildman–Crippen LogP) is 2.16. The minimum absolute atomic E-state index is 0.258. The van der Waals surface area contributed by atoms with Crippen LogP contribution in [0.15, 0.2) is 0 Å². The van der Waals surface area contributed by atoms with E-state index < -0.39 is 5.97 Å². The summed E-state index contributed by atoms with van der Waals surface area (Å²) < 4.78 is 1.90. The molecule has 5 nitrogen and oxygen atoms in total. The second-order valence-electron chi connectivity index (χ2n) is 5.07. The van der Waals surface area contributed by atoms with Crippen LogP contribution in [0.25, 0.3) is 0 Å². The van der Waals surface area contributed by atoms with Gasteiger partial charge in [0.05, 0.1) is 22.3 Å². The number of carbonyl (C=O) groups is 1. The molecule has 1 aliphatic heterocycles. The molecule has 0 spiro atoms. The molecular weight excluding hydrogens is 266 g/mol. The van der Waals surface area contributed by atoms with Gasteiger partial charge >= 0.3 is 5.97 Å². The number of aromatic nitrogens is 2. The van der Waals surface area contributed by atoms with Crippen molar-refractivity contribution in [1.29, 1.82) is 0 Å². The van der Waals surface area contributed by atoms with Crippen molar-refractivity contribution in [1.82, 2.24) is 14.7 Å². The van der Waals surface area contributed by atoms with E-state index in [0.29, 0.717) is 18.1 Å². The Morgan fingerprint density at radius 3 is 2.95 bits per heavy atom. The van der Waals surface area contributed by atoms with E-state index in [4.69, 9.17) is 16.7 Å². The van der Waals surface area contributed by atoms with E-state index in [1.54, 1.807) is 0 Å². The zero-order valence-corrected chi connectivity index (χ0v) is 12.2. The Labute approximate surface area is 118 Å². The Morgan fingerprint density at radius 2 is 2.32 bits per heavy atom. The third-order valence-electron chi connectivity index (χ3n) is 3.68. The number of carboxylic acids is 1. The summed E-state index contributed by atoms with van der Waals surface area (Å²) in [4.78, 5) is 13.2. The smallest absolute Gasteiger partial charge is 0.307 e. The molecule has 0 bridgehead atoms. The first-order chi connectivity index (χ1) is 9.02. The van der Waals surface area contributed by atoms with Gasteiger partial charge in [0.2, 0.25) is 0 Å². The van der Waals surface area contributed by atoms with Gasteiger partial charge in [0.1, 0.15) is 0 Å². The maximum Gasteiger partial charge on any atom is 0.307 e. The lowest BCUT2D eigenvalue weighted by atomic mass is 9.98. The van der Waals surface area contributed by atoms with E-state index in [2.05, 4.69) is 10.00 Å². The van der Waals surface area contributed by atoms with Gasteiger partial charge in [-0.05, 0) is 33.2 Å². The molecule has 0 aromatic carbocycles. The van der Waals surface area contributed by atoms with Crippen LogP contribution in [-0.4, -0.2) is 38.8 Å². The molecule has 19 heavy (non-hydrogen) atoms. The standard InChI is InChI=1S/C13H20ClN3O2/c1-3-17-11(12(14)9(2)15-17)8-16-6-4-5-10(7-16)13(18)19/h10H,3-8H2,1-2H3,(H,18,19). The molecule has 1 aromatic rings. The Bertz CT molecular complexity index is 473. The number of carboxylic acid groups (broad SMARTS) is 1. The van der Waals surface area contributed by atoms with Crippen molar-refractivity contribution >= 4 is 17.6 Å². The fraction of sp³-hybridized carbons (Fsp3) is 0.692. The number of likely N-dealkylation sites (tertiary alicyclic amines) is 1. The Morgan fingerprint density at radius 1 is 1.58 bits per heavy atom. The van der Waals surface area contributed by atoms with Gasteiger partial charge in [-0.1, -0.05) is 11.6 Å². The van der Waals surface area contributed by atoms with Crippen LogP contribution < -0.4 is 0 Å². The van der Waals surface area contributed by atoms with Crippen LogP contribution >= 0.6 is 11.6 Å². The average Bonchev–Trinajstić information content (AvgIpc) is 2.67. The average molecular weight is 286 g/mol. The predicted molar refractivity (Wildman–Crippen MR) is 73.3 cm³/mol. The van der Waals surface area contributed by atoms with Crippen molar-refractivity contribution < 1.29 is 9.90 Å². The molecule has 1 fully saturated rings. The Kier molecular flexibility index (Phi) is 4.47. The largest absolute Gasteiger partial charge is 0.481 e. The van der Waals surface area contributed by atoms with Gasteiger partial charge in [-0.25, -0.2) is 0 Å². The highest BCUT2D eigenvalue weighted by Gasteiger charge is 2.26. The number of hydrogen-bond donors (Lipinski definition) is 1. The Hall–Kier alpha value is -1.07. The van der Waals surface area contributed by atoms with Crippen molar-refractivity contribution in [3.05, 3.63) is 16.4 Å². The van der Waals surface area contributed by atoms with Gasteiger partial charge in [-0.15, -0.1) is 0 Å². The van der Waals surface area contributed by atoms with Crippen LogP contribution in [0.1, 0.15) is 31.2 Å². The van der Waals surface area contributed by atoms with Crippen molar-refractivity contribution in [3.8, 4) is 0 Å². The first-order valence-corrected chi connectivity index (χ1v) is 7.07. The van der Waals surface area contributed by atoms with Crippen LogP contribution in [0.5, 0.6) is 0 Å². The van der Waals surface area contributed by atoms with E-state index in [-0.39, 0.29) is 5.92 Å². The number of nitrogens with zero attached hydrogens (tertiary/aromatic N) is 3. The zero-order valence-electron chi connectivity index (χ0n) is 11.4. The molecule has 1 aliphatic rings. The number of rotatable bonds is 4. The van der Waals surface area contributed by atoms with Crippen molar-refractivity contribution in [2.75, 3.05) is 13.1 Å². The minimum atomic E-state index is -0.698. The monoisotopic (exact) mass is 285 g/mol. The third-order valence-corrected chi connectivity index (χ3v) is 4.17. The fourth-order valence-corrected chi connectivity index (χ4v) is 2.83. The molecule has 0 saturated carbocycles. The molecule has 2 rings (SSSR count). The molecular formula is C13H20ClN3O2. The normalized spacial score (nSPS) is 20.7. The fourth-order valence-electron chi connectivity index (χ4n) is 2.63. The number of piperidine rings is 1. The molecule has 1 aromatic heterocycles. The molecule has 1 N–H and O–H groups in total. The highest BCUT2D eigenvalue weighted by atomic mass is 35.5. The molecule has 2 heterocycles. The molecule has 1 unspecified atom stereocenters. The van der Waals surface area contributed by atoms with E-state index >= 15 is 0 Å². The quantitative estimate of drug-likeness (QED) is 0.921. The van der Waals surface area contributed by atoms with Gasteiger partial charge in [0.15, 0.2) is 0 Å². The van der Waals surface area contributed by atoms with Crippen molar-refractivity contribution in [2.24, 2.45) is 5.92 Å². The number of halogens is 1. The first-order valence-electron chi connectivity index (χ1n) is 6.69. The van der Waals surface area contributed by atoms with Crippen LogP contribution in [0.4, 0.5) is 0 Å². The second kappa shape index (κ2) is 5.92. The number of aliphatic carboxylic acids is 1. The molecule has 0 radical (unpaired) electrons. The lowest BCUT2D eigenvalue weighted by Crippen LogP contribution is -2.38. The topological polar surface area (TPSA) is 58.4 Å². The maximum atomic E-state index is 11.1. The van der Waals surface area contributed by atoms with E-state index in [0.717, 1.165) is 37.3 Å². The summed E-state index contributed by atoms with van der Waals surface area (Å²) in [7, 11) is 0. The summed E-state index contributed by atoms with van der Waals surface area (Å²) in [5, 5.41) is 14.2. The first kappa shape index (κ1) is 14.3. The zero-order chi connectivity index (χ0) is 14.0. The Balaban J connectivity index is 2.10. The van der Waals surface area contributed by atoms with Gasteiger partial charge in [0.25, 0.3) is 0 Å². The van der Waals surface area contributed by atoms with Gasteiger partial charge in [-0.2, -0.15) is 5.10 Å². The third kappa shape index (κ3) is 3.09. The molecule has 106 valence electrons. The summed E-state index contributed by atoms with van der Waals surface area (Å²) in [6.45, 7) is 6.90. The minimum Gasteiger partial charge on any atom is -0.481 e. The van der Waals surface area contributed by atoms with E-state index in [1.165, 1.54) is 0 Å². The van der Waals surface area contributed by atoms with E-state index in [9.17, 15) is 4.79 Å². The van der Waals surface area contributed by atoms with Crippen LogP contribution in [0, 0.1) is 12.8 Å². The molecule has 6 heteroatoms. The molecule has 1 atom stereocenters. The lowest BCUT2D eigenvalue weighted by molar-refractivity contribution is -0.143. The number of aryl methyl sites for hydroxylation is 2. The summed E-state index contributed by atoms with van der Waals surface area (Å²) in [5.74, 6) is -0.956. The van der Waals surface area contributed by atoms with Gasteiger partial charge in [-0.3, -0.25) is 14.4 Å². The highest BCUT2D eigenvalue weighted by molar-refractivity contribution is 6.31. The van der Waals surface area contributed by atoms with Crippen LogP contribution in [-0.2, 0) is 17.9 Å². The molecule has 0 aliphatic carbocycles. The summed E-state index contributed by atoms with van der Waals surface area (Å²) in [5.41, 5.74) is 1.83. The lowest BCUT2D eigenvalue weighted by Gasteiger charge is -2.30. The molecule has 0 amide bonds. The SMILES string of the molecule is CCn1nc(C)c(Cl)c1CN1CCCC(C(=O)O)C1. The summed E-state index contributed by atoms with van der Waals surface area (Å²) in [6.07, 6.45) is 1.69. The highest BCUT2D eigenvalue weighted by Crippen LogP contribution is 2.24. The summed E-state index contributed by atoms with van der Waals surface area (Å²) >= 11 is 6.28. The second-order valence-corrected chi connectivity index (χ2v) is 5.45. The summed E-state index contributed by atoms with van der Waals surface area (Å²) in [6, 6.07) is 0. The van der Waals surface area contributed by atoms with Crippen molar-refractivity contribution in [2.45, 2.75) is 39.8 Å². The van der Waals surface area contributed by atoms with Crippen LogP contribution in [0.2, 0.25) is 5.02 Å². The van der Waals surface area contributed by atoms with Crippen molar-refractivity contribution in [3.63, 3.8) is 0 Å². The maximum absolute atomic E-state index is 11.1.